The topological polar surface area (TPSA) is 15.6 Å². The highest BCUT2D eigenvalue weighted by atomic mass is 15.3. The molecule has 1 aliphatic heterocycles. The average molecular weight is 222 g/mol. The lowest BCUT2D eigenvalue weighted by atomic mass is 10.0. The van der Waals surface area contributed by atoms with Crippen molar-refractivity contribution in [3.05, 3.63) is 47.5 Å². The van der Waals surface area contributed by atoms with E-state index in [1.165, 1.54) is 21.9 Å². The quantitative estimate of drug-likeness (QED) is 0.667. The summed E-state index contributed by atoms with van der Waals surface area (Å²) in [5.41, 5.74) is 2.83. The van der Waals surface area contributed by atoms with Gasteiger partial charge in [-0.3, -0.25) is 4.99 Å². The highest BCUT2D eigenvalue weighted by Gasteiger charge is 2.40. The average Bonchev–Trinajstić information content (AvgIpc) is 2.80. The van der Waals surface area contributed by atoms with Crippen LogP contribution in [0.15, 0.2) is 41.4 Å². The van der Waals surface area contributed by atoms with Crippen molar-refractivity contribution in [1.29, 1.82) is 0 Å². The number of benzene rings is 2. The van der Waals surface area contributed by atoms with Crippen LogP contribution in [-0.2, 0) is 0 Å². The number of amidine groups is 1. The Morgan fingerprint density at radius 2 is 1.76 bits per heavy atom. The van der Waals surface area contributed by atoms with Gasteiger partial charge in [0.1, 0.15) is 6.04 Å². The van der Waals surface area contributed by atoms with E-state index >= 15 is 0 Å². The van der Waals surface area contributed by atoms with Crippen LogP contribution < -0.4 is 0 Å². The summed E-state index contributed by atoms with van der Waals surface area (Å²) in [7, 11) is 2.15. The Morgan fingerprint density at radius 1 is 1.06 bits per heavy atom. The van der Waals surface area contributed by atoms with Crippen LogP contribution in [0.5, 0.6) is 0 Å². The molecule has 0 aromatic heterocycles. The Kier molecular flexibility index (Phi) is 1.57. The van der Waals surface area contributed by atoms with Crippen molar-refractivity contribution in [3.63, 3.8) is 0 Å². The number of hydrogen-bond donors (Lipinski definition) is 0. The second kappa shape index (κ2) is 2.89. The van der Waals surface area contributed by atoms with Crippen LogP contribution in [0.1, 0.15) is 30.1 Å². The maximum absolute atomic E-state index is 4.81. The first-order valence-corrected chi connectivity index (χ1v) is 6.06. The summed E-state index contributed by atoms with van der Waals surface area (Å²) in [6.45, 7) is 2.10. The molecule has 2 heteroatoms. The van der Waals surface area contributed by atoms with Gasteiger partial charge in [0, 0.05) is 7.05 Å². The second-order valence-corrected chi connectivity index (χ2v) is 4.97. The van der Waals surface area contributed by atoms with Gasteiger partial charge in [-0.25, -0.2) is 0 Å². The zero-order valence-electron chi connectivity index (χ0n) is 10.0. The van der Waals surface area contributed by atoms with E-state index in [4.69, 9.17) is 4.99 Å². The first-order valence-electron chi connectivity index (χ1n) is 6.06. The minimum absolute atomic E-state index is 0.307. The Morgan fingerprint density at radius 3 is 2.53 bits per heavy atom. The smallest absolute Gasteiger partial charge is 0.102 e. The van der Waals surface area contributed by atoms with Gasteiger partial charge >= 0.3 is 0 Å². The van der Waals surface area contributed by atoms with E-state index < -0.39 is 0 Å². The Bertz CT molecular complexity index is 652. The van der Waals surface area contributed by atoms with Gasteiger partial charge in [-0.05, 0) is 28.8 Å². The van der Waals surface area contributed by atoms with Gasteiger partial charge in [0.15, 0.2) is 0 Å². The zero-order chi connectivity index (χ0) is 11.6. The molecule has 2 aromatic rings. The van der Waals surface area contributed by atoms with E-state index in [0.29, 0.717) is 12.1 Å². The summed E-state index contributed by atoms with van der Waals surface area (Å²) < 4.78 is 0. The van der Waals surface area contributed by atoms with Crippen molar-refractivity contribution in [2.75, 3.05) is 7.05 Å². The van der Waals surface area contributed by atoms with Crippen molar-refractivity contribution in [1.82, 2.24) is 4.90 Å². The van der Waals surface area contributed by atoms with Crippen molar-refractivity contribution in [2.45, 2.75) is 19.0 Å². The zero-order valence-corrected chi connectivity index (χ0v) is 10.0. The van der Waals surface area contributed by atoms with Crippen LogP contribution in [0, 0.1) is 0 Å². The molecular weight excluding hydrogens is 208 g/mol. The summed E-state index contributed by atoms with van der Waals surface area (Å²) in [6.07, 6.45) is 0. The highest BCUT2D eigenvalue weighted by molar-refractivity contribution is 5.95. The standard InChI is InChI=1S/C15H14N2/c1-9-16-14-11-7-3-5-10-6-4-8-12(13(10)11)15(14)17(9)2/h3-8,14-15H,1-2H3. The molecule has 0 saturated carbocycles. The monoisotopic (exact) mass is 222 g/mol. The maximum Gasteiger partial charge on any atom is 0.102 e. The molecule has 0 radical (unpaired) electrons. The van der Waals surface area contributed by atoms with Crippen molar-refractivity contribution in [3.8, 4) is 0 Å². The van der Waals surface area contributed by atoms with Crippen LogP contribution in [-0.4, -0.2) is 17.8 Å². The third-order valence-electron chi connectivity index (χ3n) is 4.16. The fourth-order valence-electron chi connectivity index (χ4n) is 3.29. The van der Waals surface area contributed by atoms with Gasteiger partial charge in [0.2, 0.25) is 0 Å². The van der Waals surface area contributed by atoms with E-state index in [1.807, 2.05) is 0 Å². The van der Waals surface area contributed by atoms with Gasteiger partial charge in [-0.2, -0.15) is 0 Å². The third kappa shape index (κ3) is 0.985. The number of rotatable bonds is 0. The SMILES string of the molecule is CC1=NC2c3cccc4cccc(c34)C2N1C. The van der Waals surface area contributed by atoms with Gasteiger partial charge in [0.25, 0.3) is 0 Å². The minimum atomic E-state index is 0.307. The molecule has 2 aliphatic rings. The number of hydrogen-bond acceptors (Lipinski definition) is 2. The molecule has 0 amide bonds. The normalized spacial score (nSPS) is 25.3. The molecule has 84 valence electrons. The summed E-state index contributed by atoms with van der Waals surface area (Å²) in [6, 6.07) is 13.9. The van der Waals surface area contributed by atoms with Crippen molar-refractivity contribution < 1.29 is 0 Å². The summed E-state index contributed by atoms with van der Waals surface area (Å²) in [4.78, 5) is 7.12. The fraction of sp³-hybridized carbons (Fsp3) is 0.267. The highest BCUT2D eigenvalue weighted by Crippen LogP contribution is 2.51. The van der Waals surface area contributed by atoms with Crippen LogP contribution in [0.4, 0.5) is 0 Å². The number of nitrogens with zero attached hydrogens (tertiary/aromatic N) is 2. The third-order valence-corrected chi connectivity index (χ3v) is 4.16. The van der Waals surface area contributed by atoms with Gasteiger partial charge < -0.3 is 4.90 Å². The maximum atomic E-state index is 4.81. The molecule has 4 rings (SSSR count). The largest absolute Gasteiger partial charge is 0.354 e. The van der Waals surface area contributed by atoms with Crippen molar-refractivity contribution in [2.24, 2.45) is 4.99 Å². The molecule has 2 unspecified atom stereocenters. The Labute approximate surface area is 101 Å². The van der Waals surface area contributed by atoms with E-state index in [9.17, 15) is 0 Å². The summed E-state index contributed by atoms with van der Waals surface area (Å²) >= 11 is 0. The van der Waals surface area contributed by atoms with E-state index in [1.54, 1.807) is 0 Å². The van der Waals surface area contributed by atoms with Gasteiger partial charge in [-0.15, -0.1) is 0 Å². The lowest BCUT2D eigenvalue weighted by Crippen LogP contribution is -2.23. The van der Waals surface area contributed by atoms with E-state index in [0.717, 1.165) is 5.84 Å². The minimum Gasteiger partial charge on any atom is -0.354 e. The predicted octanol–water partition coefficient (Wildman–Crippen LogP) is 3.30. The summed E-state index contributed by atoms with van der Waals surface area (Å²) in [5.74, 6) is 1.14. The molecule has 0 spiro atoms. The fourth-order valence-corrected chi connectivity index (χ4v) is 3.29. The number of likely N-dealkylation sites (N-methyl/N-ethyl adjacent to an activating group) is 1. The molecule has 2 nitrogen and oxygen atoms in total. The lowest BCUT2D eigenvalue weighted by molar-refractivity contribution is 0.375. The molecule has 2 atom stereocenters. The first kappa shape index (κ1) is 9.23. The van der Waals surface area contributed by atoms with E-state index in [2.05, 4.69) is 55.3 Å². The molecule has 0 saturated heterocycles. The number of aliphatic imine (C=N–C) groups is 1. The molecule has 1 aliphatic carbocycles. The van der Waals surface area contributed by atoms with Gasteiger partial charge in [0.05, 0.1) is 11.9 Å². The van der Waals surface area contributed by atoms with Crippen LogP contribution in [0.2, 0.25) is 0 Å². The molecule has 0 N–H and O–H groups in total. The molecule has 0 bridgehead atoms. The lowest BCUT2D eigenvalue weighted by Gasteiger charge is -2.22. The van der Waals surface area contributed by atoms with Gasteiger partial charge in [-0.1, -0.05) is 36.4 Å². The van der Waals surface area contributed by atoms with Crippen LogP contribution in [0.3, 0.4) is 0 Å². The molecule has 17 heavy (non-hydrogen) atoms. The molecule has 1 heterocycles. The summed E-state index contributed by atoms with van der Waals surface area (Å²) in [5, 5.41) is 2.77. The first-order chi connectivity index (χ1) is 8.27. The Balaban J connectivity index is 2.10. The Hall–Kier alpha value is -1.83. The second-order valence-electron chi connectivity index (χ2n) is 4.97. The predicted molar refractivity (Wildman–Crippen MR) is 70.3 cm³/mol. The van der Waals surface area contributed by atoms with Crippen LogP contribution in [0.25, 0.3) is 10.8 Å². The molecule has 2 aromatic carbocycles. The van der Waals surface area contributed by atoms with Crippen molar-refractivity contribution >= 4 is 16.6 Å². The molecule has 0 fully saturated rings. The van der Waals surface area contributed by atoms with E-state index in [-0.39, 0.29) is 0 Å². The number of fused-ring (bicyclic) bond motifs is 3. The van der Waals surface area contributed by atoms with Crippen LogP contribution >= 0.6 is 0 Å². The molecular formula is C15H14N2.